The number of hydrogen-bond acceptors (Lipinski definition) is 4. The number of aromatic hydroxyl groups is 1. The molecule has 20 heavy (non-hydrogen) atoms. The van der Waals surface area contributed by atoms with Crippen LogP contribution in [0.4, 0.5) is 5.69 Å². The molecule has 0 saturated carbocycles. The number of phenols is 1. The highest BCUT2D eigenvalue weighted by Crippen LogP contribution is 2.18. The number of hydrogen-bond donors (Lipinski definition) is 2. The van der Waals surface area contributed by atoms with Gasteiger partial charge in [-0.25, -0.2) is 0 Å². The summed E-state index contributed by atoms with van der Waals surface area (Å²) in [6.07, 6.45) is 3.30. The standard InChI is InChI=1S/C14H17N3O3/c1-10-3-4-11(7-13(10)18)14(19)16-12-8-15-17(9-12)5-6-20-2/h3-4,7-9,18H,5-6H2,1-2H3,(H,16,19). The Hall–Kier alpha value is -2.34. The molecule has 106 valence electrons. The Morgan fingerprint density at radius 3 is 3.00 bits per heavy atom. The third-order valence-corrected chi connectivity index (χ3v) is 2.89. The van der Waals surface area contributed by atoms with Crippen molar-refractivity contribution >= 4 is 11.6 Å². The normalized spacial score (nSPS) is 10.5. The predicted octanol–water partition coefficient (Wildman–Crippen LogP) is 1.80. The number of ether oxygens (including phenoxy) is 1. The van der Waals surface area contributed by atoms with Gasteiger partial charge in [-0.05, 0) is 24.6 Å². The maximum atomic E-state index is 12.0. The van der Waals surface area contributed by atoms with Crippen LogP contribution in [-0.4, -0.2) is 34.5 Å². The third kappa shape index (κ3) is 3.36. The van der Waals surface area contributed by atoms with Gasteiger partial charge in [0.25, 0.3) is 5.91 Å². The van der Waals surface area contributed by atoms with Crippen molar-refractivity contribution in [3.05, 3.63) is 41.7 Å². The number of nitrogens with zero attached hydrogens (tertiary/aromatic N) is 2. The maximum absolute atomic E-state index is 12.0. The van der Waals surface area contributed by atoms with Gasteiger partial charge in [-0.15, -0.1) is 0 Å². The Morgan fingerprint density at radius 1 is 1.50 bits per heavy atom. The van der Waals surface area contributed by atoms with Crippen molar-refractivity contribution < 1.29 is 14.6 Å². The van der Waals surface area contributed by atoms with E-state index in [1.165, 1.54) is 6.07 Å². The van der Waals surface area contributed by atoms with E-state index < -0.39 is 0 Å². The minimum Gasteiger partial charge on any atom is -0.508 e. The zero-order valence-corrected chi connectivity index (χ0v) is 11.5. The zero-order chi connectivity index (χ0) is 14.5. The van der Waals surface area contributed by atoms with Crippen LogP contribution in [0.25, 0.3) is 0 Å². The fourth-order valence-corrected chi connectivity index (χ4v) is 1.69. The lowest BCUT2D eigenvalue weighted by molar-refractivity contribution is 0.102. The van der Waals surface area contributed by atoms with E-state index in [4.69, 9.17) is 4.74 Å². The quantitative estimate of drug-likeness (QED) is 0.872. The molecule has 0 aliphatic carbocycles. The second-order valence-corrected chi connectivity index (χ2v) is 4.44. The van der Waals surface area contributed by atoms with Gasteiger partial charge in [0, 0.05) is 18.9 Å². The lowest BCUT2D eigenvalue weighted by Crippen LogP contribution is -2.11. The number of carbonyl (C=O) groups excluding carboxylic acids is 1. The molecule has 0 bridgehead atoms. The Morgan fingerprint density at radius 2 is 2.30 bits per heavy atom. The number of methoxy groups -OCH3 is 1. The van der Waals surface area contributed by atoms with Gasteiger partial charge in [-0.2, -0.15) is 5.10 Å². The minimum absolute atomic E-state index is 0.105. The molecule has 6 heteroatoms. The Bertz CT molecular complexity index is 607. The monoisotopic (exact) mass is 275 g/mol. The summed E-state index contributed by atoms with van der Waals surface area (Å²) in [7, 11) is 1.62. The first-order valence-electron chi connectivity index (χ1n) is 6.22. The van der Waals surface area contributed by atoms with Gasteiger partial charge < -0.3 is 15.2 Å². The van der Waals surface area contributed by atoms with Crippen LogP contribution in [0.3, 0.4) is 0 Å². The van der Waals surface area contributed by atoms with E-state index >= 15 is 0 Å². The molecule has 0 atom stereocenters. The van der Waals surface area contributed by atoms with Crippen LogP contribution in [-0.2, 0) is 11.3 Å². The molecule has 0 aliphatic rings. The van der Waals surface area contributed by atoms with Crippen LogP contribution >= 0.6 is 0 Å². The van der Waals surface area contributed by atoms with Gasteiger partial charge in [0.05, 0.1) is 25.0 Å². The van der Waals surface area contributed by atoms with E-state index in [-0.39, 0.29) is 11.7 Å². The molecule has 1 aromatic heterocycles. The second-order valence-electron chi connectivity index (χ2n) is 4.44. The van der Waals surface area contributed by atoms with Crippen LogP contribution in [0, 0.1) is 6.92 Å². The summed E-state index contributed by atoms with van der Waals surface area (Å²) in [5.41, 5.74) is 1.73. The summed E-state index contributed by atoms with van der Waals surface area (Å²) >= 11 is 0. The summed E-state index contributed by atoms with van der Waals surface area (Å²) in [6.45, 7) is 2.95. The maximum Gasteiger partial charge on any atom is 0.255 e. The molecule has 0 radical (unpaired) electrons. The number of carbonyl (C=O) groups is 1. The predicted molar refractivity (Wildman–Crippen MR) is 74.9 cm³/mol. The van der Waals surface area contributed by atoms with Gasteiger partial charge >= 0.3 is 0 Å². The number of rotatable bonds is 5. The molecule has 2 aromatic rings. The summed E-state index contributed by atoms with van der Waals surface area (Å²) in [6, 6.07) is 4.81. The first-order chi connectivity index (χ1) is 9.60. The second kappa shape index (κ2) is 6.21. The van der Waals surface area contributed by atoms with Crippen LogP contribution in [0.5, 0.6) is 5.75 Å². The van der Waals surface area contributed by atoms with Crippen LogP contribution in [0.15, 0.2) is 30.6 Å². The molecule has 2 N–H and O–H groups in total. The number of aryl methyl sites for hydroxylation is 1. The number of anilines is 1. The highest BCUT2D eigenvalue weighted by atomic mass is 16.5. The number of aromatic nitrogens is 2. The first kappa shape index (κ1) is 14.1. The van der Waals surface area contributed by atoms with Crippen molar-refractivity contribution in [3.8, 4) is 5.75 Å². The van der Waals surface area contributed by atoms with Crippen LogP contribution in [0.2, 0.25) is 0 Å². The summed E-state index contributed by atoms with van der Waals surface area (Å²) in [5.74, 6) is -0.181. The summed E-state index contributed by atoms with van der Waals surface area (Å²) < 4.78 is 6.64. The largest absolute Gasteiger partial charge is 0.508 e. The highest BCUT2D eigenvalue weighted by Gasteiger charge is 2.09. The van der Waals surface area contributed by atoms with E-state index in [0.717, 1.165) is 5.56 Å². The molecule has 0 aliphatic heterocycles. The van der Waals surface area contributed by atoms with Gasteiger partial charge in [0.15, 0.2) is 0 Å². The zero-order valence-electron chi connectivity index (χ0n) is 11.5. The molecular weight excluding hydrogens is 258 g/mol. The van der Waals surface area contributed by atoms with E-state index in [0.29, 0.717) is 24.4 Å². The van der Waals surface area contributed by atoms with E-state index in [1.807, 2.05) is 0 Å². The van der Waals surface area contributed by atoms with Crippen LogP contribution in [0.1, 0.15) is 15.9 Å². The highest BCUT2D eigenvalue weighted by molar-refractivity contribution is 6.04. The summed E-state index contributed by atoms with van der Waals surface area (Å²) in [4.78, 5) is 12.0. The molecular formula is C14H17N3O3. The van der Waals surface area contributed by atoms with Crippen molar-refractivity contribution in [1.82, 2.24) is 9.78 Å². The molecule has 0 unspecified atom stereocenters. The van der Waals surface area contributed by atoms with Crippen molar-refractivity contribution in [2.24, 2.45) is 0 Å². The molecule has 0 saturated heterocycles. The average Bonchev–Trinajstić information content (AvgIpc) is 2.87. The van der Waals surface area contributed by atoms with Crippen molar-refractivity contribution in [3.63, 3.8) is 0 Å². The number of amides is 1. The van der Waals surface area contributed by atoms with Gasteiger partial charge in [-0.1, -0.05) is 6.07 Å². The first-order valence-corrected chi connectivity index (χ1v) is 6.22. The lowest BCUT2D eigenvalue weighted by atomic mass is 10.1. The van der Waals surface area contributed by atoms with E-state index in [2.05, 4.69) is 10.4 Å². The minimum atomic E-state index is -0.286. The fraction of sp³-hybridized carbons (Fsp3) is 0.286. The van der Waals surface area contributed by atoms with E-state index in [1.54, 1.807) is 43.2 Å². The molecule has 2 rings (SSSR count). The molecule has 1 amide bonds. The van der Waals surface area contributed by atoms with Gasteiger partial charge in [-0.3, -0.25) is 9.48 Å². The van der Waals surface area contributed by atoms with E-state index in [9.17, 15) is 9.90 Å². The third-order valence-electron chi connectivity index (χ3n) is 2.89. The van der Waals surface area contributed by atoms with Crippen molar-refractivity contribution in [2.45, 2.75) is 13.5 Å². The summed E-state index contributed by atoms with van der Waals surface area (Å²) in [5, 5.41) is 16.4. The Kier molecular flexibility index (Phi) is 4.37. The number of nitrogens with one attached hydrogen (secondary N) is 1. The average molecular weight is 275 g/mol. The fourth-order valence-electron chi connectivity index (χ4n) is 1.69. The lowest BCUT2D eigenvalue weighted by Gasteiger charge is -2.04. The van der Waals surface area contributed by atoms with Crippen LogP contribution < -0.4 is 5.32 Å². The SMILES string of the molecule is COCCn1cc(NC(=O)c2ccc(C)c(O)c2)cn1. The Balaban J connectivity index is 2.03. The molecule has 0 spiro atoms. The number of phenolic OH excluding ortho intramolecular Hbond substituents is 1. The van der Waals surface area contributed by atoms with Gasteiger partial charge in [0.1, 0.15) is 5.75 Å². The molecule has 1 heterocycles. The Labute approximate surface area is 117 Å². The van der Waals surface area contributed by atoms with Gasteiger partial charge in [0.2, 0.25) is 0 Å². The smallest absolute Gasteiger partial charge is 0.255 e. The van der Waals surface area contributed by atoms with Crippen molar-refractivity contribution in [1.29, 1.82) is 0 Å². The molecule has 6 nitrogen and oxygen atoms in total. The number of benzene rings is 1. The molecule has 1 aromatic carbocycles. The van der Waals surface area contributed by atoms with Crippen molar-refractivity contribution in [2.75, 3.05) is 19.0 Å². The topological polar surface area (TPSA) is 76.4 Å². The molecule has 0 fully saturated rings.